The molecule has 0 aliphatic carbocycles. The lowest BCUT2D eigenvalue weighted by atomic mass is 9.96. The van der Waals surface area contributed by atoms with Crippen molar-refractivity contribution in [2.75, 3.05) is 6.61 Å². The zero-order chi connectivity index (χ0) is 17.3. The molecule has 0 spiro atoms. The van der Waals surface area contributed by atoms with Crippen LogP contribution in [0.4, 0.5) is 0 Å². The molecule has 1 N–H and O–H groups in total. The Morgan fingerprint density at radius 1 is 1.38 bits per heavy atom. The van der Waals surface area contributed by atoms with E-state index >= 15 is 0 Å². The average Bonchev–Trinajstić information content (AvgIpc) is 2.79. The lowest BCUT2D eigenvalue weighted by molar-refractivity contribution is -0.154. The van der Waals surface area contributed by atoms with Crippen LogP contribution in [-0.4, -0.2) is 52.0 Å². The first-order valence-electron chi connectivity index (χ1n) is 7.82. The van der Waals surface area contributed by atoms with Gasteiger partial charge >= 0.3 is 0 Å². The van der Waals surface area contributed by atoms with E-state index in [2.05, 4.69) is 5.32 Å². The summed E-state index contributed by atoms with van der Waals surface area (Å²) in [4.78, 5) is 36.8. The van der Waals surface area contributed by atoms with Gasteiger partial charge in [0.15, 0.2) is 0 Å². The molecule has 2 heterocycles. The van der Waals surface area contributed by atoms with Crippen molar-refractivity contribution < 1.29 is 19.1 Å². The largest absolute Gasteiger partial charge is 0.466 e. The van der Waals surface area contributed by atoms with Gasteiger partial charge in [-0.05, 0) is 19.4 Å². The van der Waals surface area contributed by atoms with Crippen LogP contribution in [0.1, 0.15) is 19.4 Å². The summed E-state index contributed by atoms with van der Waals surface area (Å²) >= 11 is 1.63. The Labute approximate surface area is 144 Å². The Kier molecular flexibility index (Phi) is 4.54. The van der Waals surface area contributed by atoms with Gasteiger partial charge in [0.2, 0.25) is 11.8 Å². The monoisotopic (exact) mass is 348 g/mol. The summed E-state index contributed by atoms with van der Waals surface area (Å²) in [7, 11) is 0. The van der Waals surface area contributed by atoms with Gasteiger partial charge in [-0.2, -0.15) is 0 Å². The molecule has 128 valence electrons. The van der Waals surface area contributed by atoms with Crippen LogP contribution < -0.4 is 5.32 Å². The van der Waals surface area contributed by atoms with Gasteiger partial charge in [-0.1, -0.05) is 30.3 Å². The molecule has 2 saturated heterocycles. The Bertz CT molecular complexity index is 649. The summed E-state index contributed by atoms with van der Waals surface area (Å²) in [5, 5.41) is 2.73. The van der Waals surface area contributed by atoms with Crippen molar-refractivity contribution in [3.63, 3.8) is 0 Å². The molecule has 2 aliphatic heterocycles. The molecule has 1 aromatic rings. The number of hydrogen-bond donors (Lipinski definition) is 1. The summed E-state index contributed by atoms with van der Waals surface area (Å²) in [5.41, 5.74) is 0.912. The third kappa shape index (κ3) is 3.00. The maximum atomic E-state index is 12.4. The molecule has 0 aromatic heterocycles. The number of rotatable bonds is 6. The number of amides is 2. The molecule has 7 heteroatoms. The number of carbonyl (C=O) groups excluding carboxylic acids is 3. The molecular formula is C17H20N2O4S. The molecule has 0 bridgehead atoms. The lowest BCUT2D eigenvalue weighted by Gasteiger charge is -2.44. The van der Waals surface area contributed by atoms with Gasteiger partial charge in [-0.15, -0.1) is 11.8 Å². The topological polar surface area (TPSA) is 75.7 Å². The highest BCUT2D eigenvalue weighted by Gasteiger charge is 2.61. The maximum Gasteiger partial charge on any atom is 0.293 e. The molecule has 2 amide bonds. The smallest absolute Gasteiger partial charge is 0.293 e. The normalized spacial score (nSPS) is 27.2. The molecule has 3 rings (SSSR count). The minimum absolute atomic E-state index is 0.104. The third-order valence-corrected chi connectivity index (χ3v) is 6.11. The Balaban J connectivity index is 1.62. The van der Waals surface area contributed by atoms with Gasteiger partial charge in [0, 0.05) is 4.75 Å². The number of carbonyl (C=O) groups is 3. The second-order valence-electron chi connectivity index (χ2n) is 6.51. The first-order valence-corrected chi connectivity index (χ1v) is 8.70. The van der Waals surface area contributed by atoms with Crippen LogP contribution in [0.15, 0.2) is 30.3 Å². The van der Waals surface area contributed by atoms with Crippen LogP contribution in [0.3, 0.4) is 0 Å². The zero-order valence-electron chi connectivity index (χ0n) is 13.6. The Hall–Kier alpha value is -2.02. The number of hydrogen-bond acceptors (Lipinski definition) is 5. The van der Waals surface area contributed by atoms with Crippen LogP contribution in [0, 0.1) is 0 Å². The minimum Gasteiger partial charge on any atom is -0.466 e. The van der Waals surface area contributed by atoms with Crippen LogP contribution in [0.5, 0.6) is 0 Å². The Morgan fingerprint density at radius 3 is 2.75 bits per heavy atom. The highest BCUT2D eigenvalue weighted by Crippen LogP contribution is 2.50. The van der Waals surface area contributed by atoms with Crippen LogP contribution in [0.25, 0.3) is 0 Å². The molecular weight excluding hydrogens is 328 g/mol. The van der Waals surface area contributed by atoms with Gasteiger partial charge in [0.1, 0.15) is 18.0 Å². The van der Waals surface area contributed by atoms with E-state index in [4.69, 9.17) is 4.74 Å². The highest BCUT2D eigenvalue weighted by atomic mass is 32.2. The van der Waals surface area contributed by atoms with Crippen molar-refractivity contribution in [2.45, 2.75) is 42.5 Å². The van der Waals surface area contributed by atoms with E-state index in [1.165, 1.54) is 0 Å². The molecule has 2 aliphatic rings. The first-order chi connectivity index (χ1) is 11.4. The van der Waals surface area contributed by atoms with Crippen LogP contribution in [0.2, 0.25) is 0 Å². The summed E-state index contributed by atoms with van der Waals surface area (Å²) in [5.74, 6) is -0.274. The number of ether oxygens (including phenoxy) is 1. The maximum absolute atomic E-state index is 12.4. The molecule has 3 atom stereocenters. The third-order valence-electron chi connectivity index (χ3n) is 4.49. The zero-order valence-corrected chi connectivity index (χ0v) is 14.4. The van der Waals surface area contributed by atoms with Crippen molar-refractivity contribution in [3.8, 4) is 0 Å². The van der Waals surface area contributed by atoms with E-state index in [0.717, 1.165) is 5.56 Å². The minimum atomic E-state index is -0.508. The van der Waals surface area contributed by atoms with Crippen molar-refractivity contribution in [2.24, 2.45) is 0 Å². The molecule has 24 heavy (non-hydrogen) atoms. The number of β-lactam (4-membered cyclic amide) rings is 1. The van der Waals surface area contributed by atoms with Crippen molar-refractivity contribution in [1.29, 1.82) is 0 Å². The molecule has 6 nitrogen and oxygen atoms in total. The van der Waals surface area contributed by atoms with Gasteiger partial charge in [0.25, 0.3) is 6.47 Å². The van der Waals surface area contributed by atoms with Crippen molar-refractivity contribution >= 4 is 30.0 Å². The van der Waals surface area contributed by atoms with E-state index in [1.807, 2.05) is 44.2 Å². The number of nitrogens with one attached hydrogen (secondary N) is 1. The van der Waals surface area contributed by atoms with Crippen LogP contribution in [-0.2, 0) is 25.5 Å². The quantitative estimate of drug-likeness (QED) is 0.612. The van der Waals surface area contributed by atoms with E-state index in [9.17, 15) is 14.4 Å². The fourth-order valence-electron chi connectivity index (χ4n) is 3.22. The fraction of sp³-hybridized carbons (Fsp3) is 0.471. The SMILES string of the molecule is CC1(C)SC2C(NC(=O)Cc3ccccc3)C(=O)N2C1COC=O. The lowest BCUT2D eigenvalue weighted by Crippen LogP contribution is -2.70. The Morgan fingerprint density at radius 2 is 2.08 bits per heavy atom. The van der Waals surface area contributed by atoms with E-state index in [0.29, 0.717) is 6.47 Å². The van der Waals surface area contributed by atoms with Gasteiger partial charge in [-0.3, -0.25) is 14.4 Å². The second kappa shape index (κ2) is 6.47. The number of benzene rings is 1. The second-order valence-corrected chi connectivity index (χ2v) is 8.28. The summed E-state index contributed by atoms with van der Waals surface area (Å²) in [6, 6.07) is 8.74. The van der Waals surface area contributed by atoms with Gasteiger partial charge in [0.05, 0.1) is 12.5 Å². The van der Waals surface area contributed by atoms with Crippen LogP contribution >= 0.6 is 11.8 Å². The number of fused-ring (bicyclic) bond motifs is 1. The molecule has 0 saturated carbocycles. The first kappa shape index (κ1) is 16.8. The molecule has 3 unspecified atom stereocenters. The highest BCUT2D eigenvalue weighted by molar-refractivity contribution is 8.01. The fourth-order valence-corrected chi connectivity index (χ4v) is 4.86. The predicted octanol–water partition coefficient (Wildman–Crippen LogP) is 0.949. The standard InChI is InChI=1S/C17H20N2O4S/c1-17(2)12(9-23-10-20)19-15(22)14(16(19)24-17)18-13(21)8-11-6-4-3-5-7-11/h3-7,10,12,14,16H,8-9H2,1-2H3,(H,18,21). The van der Waals surface area contributed by atoms with Gasteiger partial charge < -0.3 is 15.0 Å². The van der Waals surface area contributed by atoms with Crippen molar-refractivity contribution in [1.82, 2.24) is 10.2 Å². The molecule has 1 aromatic carbocycles. The average molecular weight is 348 g/mol. The summed E-state index contributed by atoms with van der Waals surface area (Å²) in [6.07, 6.45) is 0.253. The van der Waals surface area contributed by atoms with E-state index < -0.39 is 6.04 Å². The predicted molar refractivity (Wildman–Crippen MR) is 90.2 cm³/mol. The van der Waals surface area contributed by atoms with E-state index in [1.54, 1.807) is 16.7 Å². The number of thioether (sulfide) groups is 1. The van der Waals surface area contributed by atoms with Crippen molar-refractivity contribution in [3.05, 3.63) is 35.9 Å². The number of nitrogens with zero attached hydrogens (tertiary/aromatic N) is 1. The van der Waals surface area contributed by atoms with Gasteiger partial charge in [-0.25, -0.2) is 0 Å². The summed E-state index contributed by atoms with van der Waals surface area (Å²) < 4.78 is 4.64. The van der Waals surface area contributed by atoms with E-state index in [-0.39, 0.29) is 41.0 Å². The molecule has 0 radical (unpaired) electrons. The summed E-state index contributed by atoms with van der Waals surface area (Å²) in [6.45, 7) is 4.61. The molecule has 2 fully saturated rings.